The van der Waals surface area contributed by atoms with Crippen LogP contribution in [0.2, 0.25) is 0 Å². The summed E-state index contributed by atoms with van der Waals surface area (Å²) >= 11 is 0. The number of nitrogens with one attached hydrogen (secondary N) is 1. The summed E-state index contributed by atoms with van der Waals surface area (Å²) in [5.74, 6) is 0.635. The van der Waals surface area contributed by atoms with Gasteiger partial charge in [-0.3, -0.25) is 0 Å². The molecule has 2 aromatic heterocycles. The van der Waals surface area contributed by atoms with Crippen molar-refractivity contribution in [2.45, 2.75) is 0 Å². The zero-order chi connectivity index (χ0) is 9.38. The molecule has 0 aliphatic heterocycles. The molecule has 3 aromatic rings. The van der Waals surface area contributed by atoms with Gasteiger partial charge in [0.1, 0.15) is 0 Å². The summed E-state index contributed by atoms with van der Waals surface area (Å²) < 4.78 is 0. The van der Waals surface area contributed by atoms with Gasteiger partial charge in [-0.1, -0.05) is 12.1 Å². The van der Waals surface area contributed by atoms with E-state index in [1.807, 2.05) is 24.3 Å². The molecule has 0 atom stereocenters. The van der Waals surface area contributed by atoms with Crippen LogP contribution in [0.5, 0.6) is 0 Å². The van der Waals surface area contributed by atoms with Crippen LogP contribution in [-0.2, 0) is 0 Å². The average Bonchev–Trinajstić information content (AvgIpc) is 2.86. The Labute approximate surface area is 79.4 Å². The van der Waals surface area contributed by atoms with Crippen molar-refractivity contribution in [1.29, 1.82) is 0 Å². The summed E-state index contributed by atoms with van der Waals surface area (Å²) in [5, 5.41) is 7.99. The van der Waals surface area contributed by atoms with E-state index in [1.165, 1.54) is 4.80 Å². The first-order valence-electron chi connectivity index (χ1n) is 4.25. The molecule has 0 spiro atoms. The quantitative estimate of drug-likeness (QED) is 0.618. The van der Waals surface area contributed by atoms with Crippen LogP contribution in [0.1, 0.15) is 0 Å². The summed E-state index contributed by atoms with van der Waals surface area (Å²) in [7, 11) is 0. The second-order valence-electron chi connectivity index (χ2n) is 2.90. The highest BCUT2D eigenvalue weighted by Crippen LogP contribution is 2.11. The van der Waals surface area contributed by atoms with Gasteiger partial charge >= 0.3 is 0 Å². The predicted molar refractivity (Wildman–Crippen MR) is 51.0 cm³/mol. The molecule has 0 unspecified atom stereocenters. The number of fused-ring (bicyclic) bond motifs is 1. The fourth-order valence-electron chi connectivity index (χ4n) is 1.36. The van der Waals surface area contributed by atoms with Gasteiger partial charge in [0.15, 0.2) is 0 Å². The van der Waals surface area contributed by atoms with E-state index in [0.29, 0.717) is 5.95 Å². The minimum Gasteiger partial charge on any atom is -0.321 e. The minimum atomic E-state index is 0.635. The van der Waals surface area contributed by atoms with E-state index < -0.39 is 0 Å². The Bertz CT molecular complexity index is 518. The molecule has 3 rings (SSSR count). The van der Waals surface area contributed by atoms with E-state index in [2.05, 4.69) is 20.2 Å². The zero-order valence-corrected chi connectivity index (χ0v) is 7.25. The van der Waals surface area contributed by atoms with E-state index >= 15 is 0 Å². The van der Waals surface area contributed by atoms with Gasteiger partial charge in [-0.15, -0.1) is 4.80 Å². The summed E-state index contributed by atoms with van der Waals surface area (Å²) in [6.45, 7) is 0. The smallest absolute Gasteiger partial charge is 0.247 e. The molecule has 1 N–H and O–H groups in total. The van der Waals surface area contributed by atoms with Crippen LogP contribution in [0.4, 0.5) is 0 Å². The van der Waals surface area contributed by atoms with Crippen LogP contribution in [0.15, 0.2) is 36.7 Å². The Kier molecular flexibility index (Phi) is 1.38. The maximum atomic E-state index is 4.34. The third-order valence-corrected chi connectivity index (χ3v) is 1.99. The molecule has 0 aliphatic rings. The summed E-state index contributed by atoms with van der Waals surface area (Å²) in [6, 6.07) is 7.82. The highest BCUT2D eigenvalue weighted by molar-refractivity contribution is 5.75. The van der Waals surface area contributed by atoms with Crippen LogP contribution in [0.25, 0.3) is 17.0 Å². The van der Waals surface area contributed by atoms with Crippen LogP contribution < -0.4 is 0 Å². The number of imidazole rings is 1. The SMILES string of the molecule is c1ccc2[nH]c(-n3nccn3)nc2c1. The van der Waals surface area contributed by atoms with Gasteiger partial charge in [-0.25, -0.2) is 4.98 Å². The molecule has 0 amide bonds. The second kappa shape index (κ2) is 2.66. The zero-order valence-electron chi connectivity index (χ0n) is 7.25. The number of nitrogens with zero attached hydrogens (tertiary/aromatic N) is 4. The van der Waals surface area contributed by atoms with E-state index in [0.717, 1.165) is 11.0 Å². The normalized spacial score (nSPS) is 10.9. The summed E-state index contributed by atoms with van der Waals surface area (Å²) in [6.07, 6.45) is 3.24. The molecule has 14 heavy (non-hydrogen) atoms. The second-order valence-corrected chi connectivity index (χ2v) is 2.90. The largest absolute Gasteiger partial charge is 0.321 e. The molecular weight excluding hydrogens is 178 g/mol. The third kappa shape index (κ3) is 0.990. The summed E-state index contributed by atoms with van der Waals surface area (Å²) in [5.41, 5.74) is 1.90. The van der Waals surface area contributed by atoms with Gasteiger partial charge in [0.2, 0.25) is 5.95 Å². The lowest BCUT2D eigenvalue weighted by Gasteiger charge is -1.89. The highest BCUT2D eigenvalue weighted by Gasteiger charge is 2.03. The predicted octanol–water partition coefficient (Wildman–Crippen LogP) is 1.14. The van der Waals surface area contributed by atoms with Crippen molar-refractivity contribution in [3.8, 4) is 5.95 Å². The Hall–Kier alpha value is -2.17. The average molecular weight is 185 g/mol. The number of aromatic nitrogens is 5. The molecule has 5 heteroatoms. The van der Waals surface area contributed by atoms with Gasteiger partial charge in [0, 0.05) is 0 Å². The Morgan fingerprint density at radius 2 is 1.86 bits per heavy atom. The monoisotopic (exact) mass is 185 g/mol. The number of hydrogen-bond acceptors (Lipinski definition) is 3. The van der Waals surface area contributed by atoms with Crippen molar-refractivity contribution in [1.82, 2.24) is 25.0 Å². The van der Waals surface area contributed by atoms with Crippen molar-refractivity contribution < 1.29 is 0 Å². The lowest BCUT2D eigenvalue weighted by Crippen LogP contribution is -1.99. The molecule has 0 saturated heterocycles. The van der Waals surface area contributed by atoms with Crippen molar-refractivity contribution in [2.75, 3.05) is 0 Å². The van der Waals surface area contributed by atoms with Crippen LogP contribution in [0, 0.1) is 0 Å². The van der Waals surface area contributed by atoms with Crippen molar-refractivity contribution in [3.63, 3.8) is 0 Å². The van der Waals surface area contributed by atoms with Crippen LogP contribution in [0.3, 0.4) is 0 Å². The minimum absolute atomic E-state index is 0.635. The lowest BCUT2D eigenvalue weighted by atomic mass is 10.3. The van der Waals surface area contributed by atoms with E-state index in [9.17, 15) is 0 Å². The highest BCUT2D eigenvalue weighted by atomic mass is 15.5. The molecule has 2 heterocycles. The number of para-hydroxylation sites is 2. The number of H-pyrrole nitrogens is 1. The molecule has 5 nitrogen and oxygen atoms in total. The Balaban J connectivity index is 2.24. The van der Waals surface area contributed by atoms with E-state index in [4.69, 9.17) is 0 Å². The van der Waals surface area contributed by atoms with Crippen molar-refractivity contribution in [2.24, 2.45) is 0 Å². The number of hydrogen-bond donors (Lipinski definition) is 1. The standard InChI is InChI=1S/C9H7N5/c1-2-4-8-7(3-1)12-9(13-8)14-10-5-6-11-14/h1-6H,(H,12,13). The Morgan fingerprint density at radius 1 is 1.07 bits per heavy atom. The molecule has 0 aliphatic carbocycles. The first kappa shape index (κ1) is 7.25. The number of rotatable bonds is 1. The molecular formula is C9H7N5. The van der Waals surface area contributed by atoms with Gasteiger partial charge < -0.3 is 4.98 Å². The molecule has 0 saturated carbocycles. The fraction of sp³-hybridized carbons (Fsp3) is 0. The number of benzene rings is 1. The lowest BCUT2D eigenvalue weighted by molar-refractivity contribution is 0.715. The maximum absolute atomic E-state index is 4.34. The molecule has 0 radical (unpaired) electrons. The van der Waals surface area contributed by atoms with Gasteiger partial charge in [-0.05, 0) is 12.1 Å². The van der Waals surface area contributed by atoms with Crippen LogP contribution >= 0.6 is 0 Å². The third-order valence-electron chi connectivity index (χ3n) is 1.99. The molecule has 0 fully saturated rings. The van der Waals surface area contributed by atoms with Crippen molar-refractivity contribution in [3.05, 3.63) is 36.7 Å². The van der Waals surface area contributed by atoms with Gasteiger partial charge in [0.25, 0.3) is 0 Å². The van der Waals surface area contributed by atoms with Gasteiger partial charge in [0.05, 0.1) is 23.4 Å². The Morgan fingerprint density at radius 3 is 2.64 bits per heavy atom. The number of aromatic amines is 1. The fourth-order valence-corrected chi connectivity index (χ4v) is 1.36. The van der Waals surface area contributed by atoms with Crippen LogP contribution in [-0.4, -0.2) is 25.0 Å². The van der Waals surface area contributed by atoms with E-state index in [1.54, 1.807) is 12.4 Å². The topological polar surface area (TPSA) is 59.4 Å². The molecule has 68 valence electrons. The van der Waals surface area contributed by atoms with Crippen molar-refractivity contribution >= 4 is 11.0 Å². The molecule has 0 bridgehead atoms. The first-order valence-corrected chi connectivity index (χ1v) is 4.25. The molecule has 1 aromatic carbocycles. The summed E-state index contributed by atoms with van der Waals surface area (Å²) in [4.78, 5) is 8.92. The first-order chi connectivity index (χ1) is 6.93. The maximum Gasteiger partial charge on any atom is 0.247 e. The van der Waals surface area contributed by atoms with Gasteiger partial charge in [-0.2, -0.15) is 10.2 Å². The van der Waals surface area contributed by atoms with E-state index in [-0.39, 0.29) is 0 Å².